The predicted molar refractivity (Wildman–Crippen MR) is 136 cm³/mol. The maximum absolute atomic E-state index is 13.8. The number of rotatable bonds is 9. The number of amides is 1. The second-order valence-corrected chi connectivity index (χ2v) is 8.13. The van der Waals surface area contributed by atoms with E-state index in [0.29, 0.717) is 18.6 Å². The number of benzene rings is 3. The lowest BCUT2D eigenvalue weighted by Crippen LogP contribution is -2.28. The number of carbonyl (C=O) groups is 1. The van der Waals surface area contributed by atoms with Crippen molar-refractivity contribution in [3.8, 4) is 11.5 Å². The van der Waals surface area contributed by atoms with Gasteiger partial charge in [-0.3, -0.25) is 4.79 Å². The van der Waals surface area contributed by atoms with Crippen LogP contribution in [0.3, 0.4) is 0 Å². The predicted octanol–water partition coefficient (Wildman–Crippen LogP) is 5.32. The fourth-order valence-electron chi connectivity index (χ4n) is 3.62. The highest BCUT2D eigenvalue weighted by Crippen LogP contribution is 2.32. The van der Waals surface area contributed by atoms with Gasteiger partial charge in [0.2, 0.25) is 0 Å². The van der Waals surface area contributed by atoms with Gasteiger partial charge in [-0.25, -0.2) is 0 Å². The number of hydrogen-bond donors (Lipinski definition) is 1. The molecule has 0 bridgehead atoms. The first-order chi connectivity index (χ1) is 15.9. The van der Waals surface area contributed by atoms with Gasteiger partial charge < -0.3 is 19.6 Å². The van der Waals surface area contributed by atoms with Crippen LogP contribution in [0.2, 0.25) is 0 Å². The Kier molecular flexibility index (Phi) is 8.28. The number of allylic oxidation sites excluding steroid dienone is 1. The minimum Gasteiger partial charge on any atom is -0.508 e. The summed E-state index contributed by atoms with van der Waals surface area (Å²) < 4.78 is 5.78. The van der Waals surface area contributed by atoms with Crippen molar-refractivity contribution in [3.05, 3.63) is 90.0 Å². The zero-order valence-corrected chi connectivity index (χ0v) is 19.8. The summed E-state index contributed by atoms with van der Waals surface area (Å²) >= 11 is 0. The largest absolute Gasteiger partial charge is 0.508 e. The van der Waals surface area contributed by atoms with Crippen LogP contribution in [0, 0.1) is 0 Å². The minimum atomic E-state index is -0.109. The average Bonchev–Trinajstić information content (AvgIpc) is 2.83. The Morgan fingerprint density at radius 1 is 0.848 bits per heavy atom. The Labute approximate surface area is 196 Å². The van der Waals surface area contributed by atoms with E-state index in [1.54, 1.807) is 36.2 Å². The normalized spacial score (nSPS) is 11.8. The summed E-state index contributed by atoms with van der Waals surface area (Å²) in [7, 11) is 5.79. The Balaban J connectivity index is 1.95. The first kappa shape index (κ1) is 24.1. The van der Waals surface area contributed by atoms with Crippen LogP contribution in [0.4, 0.5) is 5.69 Å². The maximum Gasteiger partial charge on any atom is 0.258 e. The van der Waals surface area contributed by atoms with Gasteiger partial charge in [0.1, 0.15) is 18.1 Å². The van der Waals surface area contributed by atoms with Gasteiger partial charge in [0.05, 0.1) is 5.57 Å². The third kappa shape index (κ3) is 6.24. The van der Waals surface area contributed by atoms with Gasteiger partial charge in [0.25, 0.3) is 5.91 Å². The van der Waals surface area contributed by atoms with Crippen molar-refractivity contribution in [2.75, 3.05) is 39.2 Å². The molecule has 0 aromatic heterocycles. The molecular weight excluding hydrogens is 412 g/mol. The molecule has 0 fully saturated rings. The van der Waals surface area contributed by atoms with Gasteiger partial charge >= 0.3 is 0 Å². The van der Waals surface area contributed by atoms with Gasteiger partial charge in [-0.15, -0.1) is 0 Å². The molecule has 0 heterocycles. The zero-order chi connectivity index (χ0) is 23.8. The molecule has 0 aliphatic rings. The monoisotopic (exact) mass is 444 g/mol. The molecule has 0 aliphatic heterocycles. The van der Waals surface area contributed by atoms with Crippen LogP contribution < -0.4 is 9.64 Å². The number of anilines is 1. The molecule has 5 nitrogen and oxygen atoms in total. The lowest BCUT2D eigenvalue weighted by atomic mass is 9.92. The van der Waals surface area contributed by atoms with Crippen molar-refractivity contribution < 1.29 is 14.6 Å². The smallest absolute Gasteiger partial charge is 0.258 e. The zero-order valence-electron chi connectivity index (χ0n) is 19.8. The third-order valence-corrected chi connectivity index (χ3v) is 5.48. The van der Waals surface area contributed by atoms with E-state index in [0.717, 1.165) is 34.7 Å². The summed E-state index contributed by atoms with van der Waals surface area (Å²) in [5.74, 6) is 0.832. The molecule has 0 aliphatic carbocycles. The highest BCUT2D eigenvalue weighted by molar-refractivity contribution is 6.32. The lowest BCUT2D eigenvalue weighted by molar-refractivity contribution is -0.113. The third-order valence-electron chi connectivity index (χ3n) is 5.48. The number of phenolic OH excluding ortho intramolecular Hbond substituents is 1. The van der Waals surface area contributed by atoms with Crippen LogP contribution in [-0.4, -0.2) is 50.2 Å². The summed E-state index contributed by atoms with van der Waals surface area (Å²) in [6.07, 6.45) is 0.693. The molecule has 3 aromatic carbocycles. The molecule has 3 aromatic rings. The number of aromatic hydroxyl groups is 1. The van der Waals surface area contributed by atoms with Crippen LogP contribution in [0.25, 0.3) is 11.1 Å². The number of likely N-dealkylation sites (N-methyl/N-ethyl adjacent to an activating group) is 2. The molecule has 0 unspecified atom stereocenters. The van der Waals surface area contributed by atoms with E-state index in [-0.39, 0.29) is 11.7 Å². The highest BCUT2D eigenvalue weighted by Gasteiger charge is 2.22. The van der Waals surface area contributed by atoms with E-state index in [9.17, 15) is 9.90 Å². The van der Waals surface area contributed by atoms with E-state index in [1.165, 1.54) is 0 Å². The summed E-state index contributed by atoms with van der Waals surface area (Å²) in [6, 6.07) is 24.3. The molecule has 0 spiro atoms. The molecular formula is C28H32N2O3. The molecule has 0 atom stereocenters. The molecule has 5 heteroatoms. The minimum absolute atomic E-state index is 0.109. The Hall–Kier alpha value is -3.57. The number of ether oxygens (including phenoxy) is 1. The van der Waals surface area contributed by atoms with E-state index < -0.39 is 0 Å². The lowest BCUT2D eigenvalue weighted by Gasteiger charge is -2.22. The SMILES string of the molecule is CCC(=C(C(=O)N(C)c1ccc(OCCN(C)C)cc1)c1ccc(O)cc1)c1ccccc1. The van der Waals surface area contributed by atoms with Crippen LogP contribution >= 0.6 is 0 Å². The summed E-state index contributed by atoms with van der Waals surface area (Å²) in [4.78, 5) is 17.5. The van der Waals surface area contributed by atoms with Crippen LogP contribution in [0.15, 0.2) is 78.9 Å². The quantitative estimate of drug-likeness (QED) is 0.359. The molecule has 172 valence electrons. The van der Waals surface area contributed by atoms with E-state index >= 15 is 0 Å². The van der Waals surface area contributed by atoms with Gasteiger partial charge in [0.15, 0.2) is 0 Å². The average molecular weight is 445 g/mol. The Bertz CT molecular complexity index is 1070. The first-order valence-electron chi connectivity index (χ1n) is 11.1. The van der Waals surface area contributed by atoms with Crippen molar-refractivity contribution in [3.63, 3.8) is 0 Å². The molecule has 0 saturated carbocycles. The van der Waals surface area contributed by atoms with Crippen molar-refractivity contribution >= 4 is 22.7 Å². The van der Waals surface area contributed by atoms with Gasteiger partial charge in [-0.1, -0.05) is 49.4 Å². The summed E-state index contributed by atoms with van der Waals surface area (Å²) in [6.45, 7) is 3.49. The van der Waals surface area contributed by atoms with Gasteiger partial charge in [-0.2, -0.15) is 0 Å². The molecule has 3 rings (SSSR count). The molecule has 0 saturated heterocycles. The van der Waals surface area contributed by atoms with Crippen molar-refractivity contribution in [2.24, 2.45) is 0 Å². The van der Waals surface area contributed by atoms with Gasteiger partial charge in [-0.05, 0) is 73.6 Å². The van der Waals surface area contributed by atoms with E-state index in [1.807, 2.05) is 68.7 Å². The highest BCUT2D eigenvalue weighted by atomic mass is 16.5. The van der Waals surface area contributed by atoms with Crippen molar-refractivity contribution in [1.29, 1.82) is 0 Å². The molecule has 33 heavy (non-hydrogen) atoms. The topological polar surface area (TPSA) is 53.0 Å². The second-order valence-electron chi connectivity index (χ2n) is 8.13. The fraction of sp³-hybridized carbons (Fsp3) is 0.250. The maximum atomic E-state index is 13.8. The molecule has 1 N–H and O–H groups in total. The van der Waals surface area contributed by atoms with Crippen LogP contribution in [0.1, 0.15) is 24.5 Å². The van der Waals surface area contributed by atoms with Crippen LogP contribution in [-0.2, 0) is 4.79 Å². The van der Waals surface area contributed by atoms with Crippen LogP contribution in [0.5, 0.6) is 11.5 Å². The summed E-state index contributed by atoms with van der Waals surface area (Å²) in [5, 5.41) is 9.77. The fourth-order valence-corrected chi connectivity index (χ4v) is 3.62. The standard InChI is InChI=1S/C28H32N2O3/c1-5-26(21-9-7-6-8-10-21)27(22-11-15-24(31)16-12-22)28(32)30(4)23-13-17-25(18-14-23)33-20-19-29(2)3/h6-18,31H,5,19-20H2,1-4H3. The van der Waals surface area contributed by atoms with Gasteiger partial charge in [0, 0.05) is 19.3 Å². The Morgan fingerprint density at radius 3 is 2.06 bits per heavy atom. The molecule has 1 amide bonds. The van der Waals surface area contributed by atoms with Crippen molar-refractivity contribution in [1.82, 2.24) is 4.90 Å². The second kappa shape index (κ2) is 11.3. The number of nitrogens with zero attached hydrogens (tertiary/aromatic N) is 2. The van der Waals surface area contributed by atoms with E-state index in [4.69, 9.17) is 4.74 Å². The summed E-state index contributed by atoms with van der Waals surface area (Å²) in [5.41, 5.74) is 4.14. The Morgan fingerprint density at radius 2 is 1.48 bits per heavy atom. The van der Waals surface area contributed by atoms with E-state index in [2.05, 4.69) is 11.8 Å². The first-order valence-corrected chi connectivity index (χ1v) is 11.1. The van der Waals surface area contributed by atoms with Crippen molar-refractivity contribution in [2.45, 2.75) is 13.3 Å². The number of phenols is 1. The number of hydrogen-bond acceptors (Lipinski definition) is 4. The molecule has 0 radical (unpaired) electrons. The number of carbonyl (C=O) groups excluding carboxylic acids is 1.